The molecular formula is C12H16BrNO3S. The van der Waals surface area contributed by atoms with E-state index in [1.54, 1.807) is 22.5 Å². The zero-order chi connectivity index (χ0) is 13.3. The lowest BCUT2D eigenvalue weighted by molar-refractivity contribution is 0.390. The first-order chi connectivity index (χ1) is 8.50. The molecule has 0 unspecified atom stereocenters. The molecule has 18 heavy (non-hydrogen) atoms. The summed E-state index contributed by atoms with van der Waals surface area (Å²) in [6, 6.07) is 5.19. The van der Waals surface area contributed by atoms with Gasteiger partial charge in [0.25, 0.3) is 0 Å². The molecule has 0 N–H and O–H groups in total. The van der Waals surface area contributed by atoms with E-state index in [-0.39, 0.29) is 10.9 Å². The van der Waals surface area contributed by atoms with E-state index in [0.717, 1.165) is 17.3 Å². The molecule has 4 nitrogen and oxygen atoms in total. The number of sulfonamides is 1. The molecule has 1 aliphatic carbocycles. The van der Waals surface area contributed by atoms with Crippen LogP contribution < -0.4 is 4.74 Å². The van der Waals surface area contributed by atoms with E-state index in [1.807, 2.05) is 6.92 Å². The van der Waals surface area contributed by atoms with Crippen LogP contribution in [-0.2, 0) is 10.0 Å². The summed E-state index contributed by atoms with van der Waals surface area (Å²) in [5, 5.41) is 0. The fraction of sp³-hybridized carbons (Fsp3) is 0.500. The number of benzene rings is 1. The minimum Gasteiger partial charge on any atom is -0.495 e. The van der Waals surface area contributed by atoms with Gasteiger partial charge in [-0.05, 0) is 31.0 Å². The van der Waals surface area contributed by atoms with Gasteiger partial charge in [-0.1, -0.05) is 22.9 Å². The molecule has 1 saturated carbocycles. The van der Waals surface area contributed by atoms with Crippen LogP contribution >= 0.6 is 15.9 Å². The van der Waals surface area contributed by atoms with Crippen LogP contribution in [0.3, 0.4) is 0 Å². The Hall–Kier alpha value is -0.590. The predicted octanol–water partition coefficient (Wildman–Crippen LogP) is 2.63. The van der Waals surface area contributed by atoms with Crippen molar-refractivity contribution in [3.05, 3.63) is 22.7 Å². The van der Waals surface area contributed by atoms with Gasteiger partial charge in [0.05, 0.1) is 7.11 Å². The van der Waals surface area contributed by atoms with Gasteiger partial charge in [-0.25, -0.2) is 8.42 Å². The van der Waals surface area contributed by atoms with E-state index in [2.05, 4.69) is 15.9 Å². The van der Waals surface area contributed by atoms with Gasteiger partial charge in [-0.2, -0.15) is 4.31 Å². The lowest BCUT2D eigenvalue weighted by Gasteiger charge is -2.21. The molecule has 0 saturated heterocycles. The van der Waals surface area contributed by atoms with E-state index >= 15 is 0 Å². The summed E-state index contributed by atoms with van der Waals surface area (Å²) in [5.41, 5.74) is 0. The topological polar surface area (TPSA) is 46.6 Å². The van der Waals surface area contributed by atoms with Gasteiger partial charge >= 0.3 is 0 Å². The van der Waals surface area contributed by atoms with Crippen molar-refractivity contribution in [3.63, 3.8) is 0 Å². The molecule has 0 bridgehead atoms. The number of rotatable bonds is 5. The van der Waals surface area contributed by atoms with Gasteiger partial charge in [0.2, 0.25) is 10.0 Å². The average molecular weight is 334 g/mol. The first-order valence-electron chi connectivity index (χ1n) is 5.86. The van der Waals surface area contributed by atoms with Gasteiger partial charge in [0, 0.05) is 17.1 Å². The van der Waals surface area contributed by atoms with Crippen LogP contribution in [0, 0.1) is 0 Å². The summed E-state index contributed by atoms with van der Waals surface area (Å²) < 4.78 is 32.6. The molecule has 0 aromatic heterocycles. The van der Waals surface area contributed by atoms with E-state index in [1.165, 1.54) is 7.11 Å². The zero-order valence-corrected chi connectivity index (χ0v) is 12.8. The molecule has 0 atom stereocenters. The molecule has 0 heterocycles. The maximum atomic E-state index is 12.6. The Balaban J connectivity index is 2.48. The van der Waals surface area contributed by atoms with Crippen LogP contribution in [0.25, 0.3) is 0 Å². The van der Waals surface area contributed by atoms with Gasteiger partial charge in [-0.15, -0.1) is 0 Å². The van der Waals surface area contributed by atoms with Crippen molar-refractivity contribution in [1.82, 2.24) is 4.31 Å². The van der Waals surface area contributed by atoms with E-state index in [4.69, 9.17) is 4.74 Å². The third-order valence-electron chi connectivity index (χ3n) is 2.98. The number of nitrogens with zero attached hydrogens (tertiary/aromatic N) is 1. The van der Waals surface area contributed by atoms with Crippen molar-refractivity contribution in [3.8, 4) is 5.75 Å². The van der Waals surface area contributed by atoms with E-state index < -0.39 is 10.0 Å². The van der Waals surface area contributed by atoms with Gasteiger partial charge < -0.3 is 4.74 Å². The van der Waals surface area contributed by atoms with Crippen LogP contribution in [0.4, 0.5) is 0 Å². The minimum absolute atomic E-state index is 0.156. The van der Waals surface area contributed by atoms with Gasteiger partial charge in [-0.3, -0.25) is 0 Å². The van der Waals surface area contributed by atoms with Crippen LogP contribution in [0.2, 0.25) is 0 Å². The molecule has 0 aliphatic heterocycles. The summed E-state index contributed by atoms with van der Waals surface area (Å²) in [5.74, 6) is 0.386. The van der Waals surface area contributed by atoms with Crippen molar-refractivity contribution >= 4 is 26.0 Å². The Labute approximate surface area is 116 Å². The number of hydrogen-bond donors (Lipinski definition) is 0. The van der Waals surface area contributed by atoms with Crippen molar-refractivity contribution in [1.29, 1.82) is 0 Å². The highest BCUT2D eigenvalue weighted by atomic mass is 79.9. The highest BCUT2D eigenvalue weighted by Gasteiger charge is 2.38. The van der Waals surface area contributed by atoms with Crippen LogP contribution in [-0.4, -0.2) is 32.4 Å². The fourth-order valence-electron chi connectivity index (χ4n) is 1.97. The second-order valence-electron chi connectivity index (χ2n) is 4.23. The third kappa shape index (κ3) is 2.55. The van der Waals surface area contributed by atoms with Gasteiger partial charge in [0.1, 0.15) is 10.6 Å². The SMILES string of the molecule is CCN(C1CC1)S(=O)(=O)c1cc(Br)ccc1OC. The number of ether oxygens (including phenoxy) is 1. The molecule has 1 aliphatic rings. The van der Waals surface area contributed by atoms with Crippen LogP contribution in [0.5, 0.6) is 5.75 Å². The standard InChI is InChI=1S/C12H16BrNO3S/c1-3-14(10-5-6-10)18(15,16)12-8-9(13)4-7-11(12)17-2/h4,7-8,10H,3,5-6H2,1-2H3. The van der Waals surface area contributed by atoms with E-state index in [9.17, 15) is 8.42 Å². The summed E-state index contributed by atoms with van der Waals surface area (Å²) in [4.78, 5) is 0.230. The predicted molar refractivity (Wildman–Crippen MR) is 73.3 cm³/mol. The van der Waals surface area contributed by atoms with Crippen LogP contribution in [0.1, 0.15) is 19.8 Å². The minimum atomic E-state index is -3.47. The lowest BCUT2D eigenvalue weighted by Crippen LogP contribution is -2.33. The molecule has 1 aromatic carbocycles. The third-order valence-corrected chi connectivity index (χ3v) is 5.52. The molecule has 2 rings (SSSR count). The van der Waals surface area contributed by atoms with Crippen molar-refractivity contribution in [2.24, 2.45) is 0 Å². The summed E-state index contributed by atoms with van der Waals surface area (Å²) >= 11 is 3.30. The highest BCUT2D eigenvalue weighted by Crippen LogP contribution is 2.35. The van der Waals surface area contributed by atoms with Crippen molar-refractivity contribution < 1.29 is 13.2 Å². The van der Waals surface area contributed by atoms with Crippen LogP contribution in [0.15, 0.2) is 27.6 Å². The highest BCUT2D eigenvalue weighted by molar-refractivity contribution is 9.10. The van der Waals surface area contributed by atoms with Gasteiger partial charge in [0.15, 0.2) is 0 Å². The number of halogens is 1. The Morgan fingerprint density at radius 3 is 2.61 bits per heavy atom. The molecule has 1 aromatic rings. The quantitative estimate of drug-likeness (QED) is 0.832. The molecule has 0 radical (unpaired) electrons. The van der Waals surface area contributed by atoms with Crippen molar-refractivity contribution in [2.45, 2.75) is 30.7 Å². The Morgan fingerprint density at radius 1 is 1.44 bits per heavy atom. The molecular weight excluding hydrogens is 318 g/mol. The maximum absolute atomic E-state index is 12.6. The second-order valence-corrected chi connectivity index (χ2v) is 7.01. The monoisotopic (exact) mass is 333 g/mol. The largest absolute Gasteiger partial charge is 0.495 e. The zero-order valence-electron chi connectivity index (χ0n) is 10.4. The summed E-state index contributed by atoms with van der Waals surface area (Å²) in [6.07, 6.45) is 1.90. The maximum Gasteiger partial charge on any atom is 0.247 e. The first kappa shape index (κ1) is 13.8. The fourth-order valence-corrected chi connectivity index (χ4v) is 4.36. The Bertz CT molecular complexity index is 540. The van der Waals surface area contributed by atoms with E-state index in [0.29, 0.717) is 12.3 Å². The molecule has 1 fully saturated rings. The molecule has 6 heteroatoms. The summed E-state index contributed by atoms with van der Waals surface area (Å²) in [7, 11) is -1.99. The van der Waals surface area contributed by atoms with Crippen molar-refractivity contribution in [2.75, 3.05) is 13.7 Å². The lowest BCUT2D eigenvalue weighted by atomic mass is 10.3. The smallest absolute Gasteiger partial charge is 0.247 e. The molecule has 0 spiro atoms. The first-order valence-corrected chi connectivity index (χ1v) is 8.09. The normalized spacial score (nSPS) is 16.0. The molecule has 0 amide bonds. The Kier molecular flexibility index (Phi) is 3.99. The second kappa shape index (κ2) is 5.19. The molecule has 100 valence electrons. The Morgan fingerprint density at radius 2 is 2.11 bits per heavy atom. The average Bonchev–Trinajstić information content (AvgIpc) is 3.14. The number of hydrogen-bond acceptors (Lipinski definition) is 3. The number of methoxy groups -OCH3 is 1. The summed E-state index contributed by atoms with van der Waals surface area (Å²) in [6.45, 7) is 2.35.